The van der Waals surface area contributed by atoms with Gasteiger partial charge in [0.2, 0.25) is 0 Å². The molecule has 6 heteroatoms. The van der Waals surface area contributed by atoms with Crippen LogP contribution in [0, 0.1) is 0 Å². The zero-order valence-corrected chi connectivity index (χ0v) is 8.38. The monoisotopic (exact) mass is 205 g/mol. The summed E-state index contributed by atoms with van der Waals surface area (Å²) in [4.78, 5) is 14.0. The molecule has 5 N–H and O–H groups in total. The molecule has 13 heavy (non-hydrogen) atoms. The van der Waals surface area contributed by atoms with Crippen molar-refractivity contribution >= 4 is 23.7 Å². The van der Waals surface area contributed by atoms with Gasteiger partial charge in [0.05, 0.1) is 11.8 Å². The van der Waals surface area contributed by atoms with E-state index in [1.165, 1.54) is 11.8 Å². The van der Waals surface area contributed by atoms with Crippen molar-refractivity contribution in [1.82, 2.24) is 0 Å². The summed E-state index contributed by atoms with van der Waals surface area (Å²) in [5.74, 6) is 0.175. The van der Waals surface area contributed by atoms with Gasteiger partial charge < -0.3 is 16.6 Å². The molecule has 0 spiro atoms. The van der Waals surface area contributed by atoms with E-state index in [1.807, 2.05) is 6.92 Å². The van der Waals surface area contributed by atoms with Crippen molar-refractivity contribution < 1.29 is 9.90 Å². The first-order valence-electron chi connectivity index (χ1n) is 3.90. The molecule has 1 atom stereocenters. The van der Waals surface area contributed by atoms with Crippen molar-refractivity contribution in [3.05, 3.63) is 0 Å². The molecule has 5 nitrogen and oxygen atoms in total. The third kappa shape index (κ3) is 9.00. The highest BCUT2D eigenvalue weighted by Crippen LogP contribution is 2.06. The van der Waals surface area contributed by atoms with E-state index in [4.69, 9.17) is 16.6 Å². The normalized spacial score (nSPS) is 12.1. The minimum atomic E-state index is -0.792. The van der Waals surface area contributed by atoms with Crippen molar-refractivity contribution in [3.8, 4) is 0 Å². The molecule has 0 aliphatic heterocycles. The highest BCUT2D eigenvalue weighted by molar-refractivity contribution is 7.99. The number of nitrogens with two attached hydrogens (primary N) is 2. The van der Waals surface area contributed by atoms with Crippen LogP contribution in [0.2, 0.25) is 0 Å². The fraction of sp³-hybridized carbons (Fsp3) is 0.714. The number of thioether (sulfide) groups is 1. The summed E-state index contributed by atoms with van der Waals surface area (Å²) in [6, 6.07) is 0.0614. The summed E-state index contributed by atoms with van der Waals surface area (Å²) >= 11 is 1.37. The van der Waals surface area contributed by atoms with Crippen molar-refractivity contribution in [2.24, 2.45) is 16.5 Å². The van der Waals surface area contributed by atoms with E-state index < -0.39 is 5.97 Å². The number of hydrogen-bond acceptors (Lipinski definition) is 3. The van der Waals surface area contributed by atoms with E-state index in [-0.39, 0.29) is 17.8 Å². The Morgan fingerprint density at radius 1 is 1.62 bits per heavy atom. The van der Waals surface area contributed by atoms with Crippen LogP contribution in [0.25, 0.3) is 0 Å². The van der Waals surface area contributed by atoms with Crippen LogP contribution in [0.15, 0.2) is 4.99 Å². The maximum atomic E-state index is 10.1. The van der Waals surface area contributed by atoms with Gasteiger partial charge in [-0.2, -0.15) is 11.8 Å². The average Bonchev–Trinajstić information content (AvgIpc) is 1.96. The molecular weight excluding hydrogens is 190 g/mol. The topological polar surface area (TPSA) is 102 Å². The highest BCUT2D eigenvalue weighted by Gasteiger charge is 2.01. The van der Waals surface area contributed by atoms with E-state index in [1.54, 1.807) is 0 Å². The Labute approximate surface area is 81.6 Å². The molecule has 0 fully saturated rings. The largest absolute Gasteiger partial charge is 0.481 e. The predicted octanol–water partition coefficient (Wildman–Crippen LogP) is -0.144. The van der Waals surface area contributed by atoms with Gasteiger partial charge in [0.15, 0.2) is 5.96 Å². The van der Waals surface area contributed by atoms with Gasteiger partial charge in [0.25, 0.3) is 0 Å². The quantitative estimate of drug-likeness (QED) is 0.318. The van der Waals surface area contributed by atoms with Gasteiger partial charge in [-0.3, -0.25) is 9.79 Å². The predicted molar refractivity (Wildman–Crippen MR) is 54.8 cm³/mol. The summed E-state index contributed by atoms with van der Waals surface area (Å²) in [7, 11) is 0. The maximum absolute atomic E-state index is 10.1. The fourth-order valence-corrected chi connectivity index (χ4v) is 1.56. The number of carboxylic acid groups (broad SMARTS) is 1. The first-order chi connectivity index (χ1) is 6.02. The number of rotatable bonds is 6. The third-order valence-corrected chi connectivity index (χ3v) is 2.25. The average molecular weight is 205 g/mol. The standard InChI is InChI=1S/C7H15N3O2S/c1-5(10-7(8)9)2-3-13-4-6(11)12/h5H,2-4H2,1H3,(H,11,12)(H4,8,9,10). The molecule has 76 valence electrons. The first-order valence-corrected chi connectivity index (χ1v) is 5.06. The second-order valence-electron chi connectivity index (χ2n) is 2.64. The zero-order chi connectivity index (χ0) is 10.3. The molecule has 0 rings (SSSR count). The van der Waals surface area contributed by atoms with Gasteiger partial charge in [-0.15, -0.1) is 0 Å². The fourth-order valence-electron chi connectivity index (χ4n) is 0.732. The first kappa shape index (κ1) is 12.1. The van der Waals surface area contributed by atoms with Crippen LogP contribution < -0.4 is 11.5 Å². The minimum absolute atomic E-state index is 0.0614. The number of carbonyl (C=O) groups is 1. The Morgan fingerprint density at radius 3 is 2.69 bits per heavy atom. The van der Waals surface area contributed by atoms with Crippen molar-refractivity contribution in [3.63, 3.8) is 0 Å². The number of nitrogens with zero attached hydrogens (tertiary/aromatic N) is 1. The van der Waals surface area contributed by atoms with Crippen LogP contribution in [0.4, 0.5) is 0 Å². The van der Waals surface area contributed by atoms with Gasteiger partial charge >= 0.3 is 5.97 Å². The lowest BCUT2D eigenvalue weighted by Crippen LogP contribution is -2.25. The lowest BCUT2D eigenvalue weighted by molar-refractivity contribution is -0.133. The zero-order valence-electron chi connectivity index (χ0n) is 7.56. The van der Waals surface area contributed by atoms with Gasteiger partial charge in [-0.1, -0.05) is 0 Å². The Bertz CT molecular complexity index is 192. The summed E-state index contributed by atoms with van der Waals surface area (Å²) in [6.07, 6.45) is 0.788. The molecule has 0 heterocycles. The minimum Gasteiger partial charge on any atom is -0.481 e. The summed E-state index contributed by atoms with van der Waals surface area (Å²) < 4.78 is 0. The molecule has 0 aromatic carbocycles. The van der Waals surface area contributed by atoms with Gasteiger partial charge in [-0.25, -0.2) is 0 Å². The summed E-state index contributed by atoms with van der Waals surface area (Å²) in [5, 5.41) is 8.34. The van der Waals surface area contributed by atoms with Gasteiger partial charge in [-0.05, 0) is 19.1 Å². The van der Waals surface area contributed by atoms with Crippen LogP contribution in [-0.4, -0.2) is 34.6 Å². The van der Waals surface area contributed by atoms with Crippen molar-refractivity contribution in [1.29, 1.82) is 0 Å². The lowest BCUT2D eigenvalue weighted by atomic mass is 10.3. The van der Waals surface area contributed by atoms with E-state index in [0.29, 0.717) is 0 Å². The number of hydrogen-bond donors (Lipinski definition) is 3. The number of guanidine groups is 1. The number of carboxylic acids is 1. The van der Waals surface area contributed by atoms with E-state index in [0.717, 1.165) is 12.2 Å². The Balaban J connectivity index is 3.43. The Hall–Kier alpha value is -0.910. The molecule has 1 unspecified atom stereocenters. The molecule has 0 amide bonds. The molecule has 0 aliphatic rings. The van der Waals surface area contributed by atoms with E-state index in [2.05, 4.69) is 4.99 Å². The van der Waals surface area contributed by atoms with Crippen LogP contribution in [0.3, 0.4) is 0 Å². The Kier molecular flexibility index (Phi) is 6.13. The lowest BCUT2D eigenvalue weighted by Gasteiger charge is -2.04. The molecule has 0 aliphatic carbocycles. The van der Waals surface area contributed by atoms with Gasteiger partial charge in [0, 0.05) is 0 Å². The third-order valence-electron chi connectivity index (χ3n) is 1.27. The SMILES string of the molecule is CC(CCSCC(=O)O)N=C(N)N. The van der Waals surface area contributed by atoms with Crippen LogP contribution >= 0.6 is 11.8 Å². The highest BCUT2D eigenvalue weighted by atomic mass is 32.2. The van der Waals surface area contributed by atoms with Gasteiger partial charge in [0.1, 0.15) is 0 Å². The Morgan fingerprint density at radius 2 is 2.23 bits per heavy atom. The maximum Gasteiger partial charge on any atom is 0.313 e. The number of aliphatic imine (C=N–C) groups is 1. The summed E-state index contributed by atoms with van der Waals surface area (Å²) in [6.45, 7) is 1.89. The molecule has 0 bridgehead atoms. The van der Waals surface area contributed by atoms with Crippen molar-refractivity contribution in [2.75, 3.05) is 11.5 Å². The molecular formula is C7H15N3O2S. The smallest absolute Gasteiger partial charge is 0.313 e. The molecule has 0 aromatic heterocycles. The number of aliphatic carboxylic acids is 1. The second-order valence-corrected chi connectivity index (χ2v) is 3.74. The van der Waals surface area contributed by atoms with Crippen molar-refractivity contribution in [2.45, 2.75) is 19.4 Å². The summed E-state index contributed by atoms with van der Waals surface area (Å²) in [5.41, 5.74) is 10.3. The molecule has 0 saturated carbocycles. The van der Waals surface area contributed by atoms with Crippen LogP contribution in [-0.2, 0) is 4.79 Å². The van der Waals surface area contributed by atoms with Crippen LogP contribution in [0.5, 0.6) is 0 Å². The van der Waals surface area contributed by atoms with E-state index >= 15 is 0 Å². The second kappa shape index (κ2) is 6.59. The molecule has 0 aromatic rings. The van der Waals surface area contributed by atoms with E-state index in [9.17, 15) is 4.79 Å². The molecule has 0 radical (unpaired) electrons. The van der Waals surface area contributed by atoms with Crippen LogP contribution in [0.1, 0.15) is 13.3 Å². The molecule has 0 saturated heterocycles.